The van der Waals surface area contributed by atoms with Gasteiger partial charge in [0.1, 0.15) is 5.69 Å². The molecular weight excluding hydrogens is 380 g/mol. The molecule has 0 fully saturated rings. The molecule has 0 aliphatic carbocycles. The van der Waals surface area contributed by atoms with E-state index in [-0.39, 0.29) is 22.7 Å². The highest BCUT2D eigenvalue weighted by atomic mass is 79.9. The van der Waals surface area contributed by atoms with Gasteiger partial charge >= 0.3 is 5.97 Å². The number of rotatable bonds is 6. The second-order valence-corrected chi connectivity index (χ2v) is 5.66. The van der Waals surface area contributed by atoms with Crippen LogP contribution in [0.4, 0.5) is 11.4 Å². The van der Waals surface area contributed by atoms with Crippen LogP contribution in [-0.4, -0.2) is 30.3 Å². The second kappa shape index (κ2) is 7.69. The normalized spacial score (nSPS) is 10.1. The first-order valence-electron chi connectivity index (χ1n) is 6.84. The van der Waals surface area contributed by atoms with Crippen molar-refractivity contribution in [2.75, 3.05) is 19.0 Å². The smallest absolute Gasteiger partial charge is 0.338 e. The van der Waals surface area contributed by atoms with Crippen LogP contribution in [0.15, 0.2) is 46.9 Å². The van der Waals surface area contributed by atoms with Crippen LogP contribution in [0.3, 0.4) is 0 Å². The molecule has 0 aliphatic heterocycles. The number of halogens is 1. The highest BCUT2D eigenvalue weighted by Crippen LogP contribution is 2.25. The molecule has 0 heterocycles. The van der Waals surface area contributed by atoms with E-state index in [9.17, 15) is 19.7 Å². The summed E-state index contributed by atoms with van der Waals surface area (Å²) in [6.45, 7) is -0.442. The molecule has 0 aromatic heterocycles. The number of nitro groups is 1. The monoisotopic (exact) mass is 392 g/mol. The maximum Gasteiger partial charge on any atom is 0.338 e. The van der Waals surface area contributed by atoms with E-state index in [4.69, 9.17) is 4.74 Å². The predicted molar refractivity (Wildman–Crippen MR) is 91.4 cm³/mol. The van der Waals surface area contributed by atoms with Crippen molar-refractivity contribution in [1.82, 2.24) is 0 Å². The van der Waals surface area contributed by atoms with Gasteiger partial charge in [-0.15, -0.1) is 0 Å². The first-order chi connectivity index (χ1) is 11.4. The van der Waals surface area contributed by atoms with Crippen molar-refractivity contribution < 1.29 is 19.2 Å². The summed E-state index contributed by atoms with van der Waals surface area (Å²) in [6, 6.07) is 10.5. The number of ether oxygens (including phenoxy) is 1. The molecule has 0 radical (unpaired) electrons. The molecule has 0 spiro atoms. The van der Waals surface area contributed by atoms with Crippen LogP contribution in [-0.2, 0) is 4.74 Å². The topological polar surface area (TPSA) is 98.5 Å². The first-order valence-corrected chi connectivity index (χ1v) is 7.63. The molecule has 8 heteroatoms. The summed E-state index contributed by atoms with van der Waals surface area (Å²) in [5.74, 6) is -1.16. The van der Waals surface area contributed by atoms with Crippen LogP contribution in [0.5, 0.6) is 0 Å². The number of carbonyl (C=O) groups is 2. The van der Waals surface area contributed by atoms with Gasteiger partial charge in [0.2, 0.25) is 0 Å². The first kappa shape index (κ1) is 17.6. The Morgan fingerprint density at radius 2 is 1.79 bits per heavy atom. The maximum atomic E-state index is 12.0. The van der Waals surface area contributed by atoms with Crippen molar-refractivity contribution >= 4 is 39.1 Å². The lowest BCUT2D eigenvalue weighted by Gasteiger charge is -2.06. The molecule has 7 nitrogen and oxygen atoms in total. The van der Waals surface area contributed by atoms with E-state index in [0.29, 0.717) is 5.56 Å². The molecule has 1 N–H and O–H groups in total. The number of carbonyl (C=O) groups excluding carboxylic acids is 2. The maximum absolute atomic E-state index is 12.0. The van der Waals surface area contributed by atoms with Crippen molar-refractivity contribution in [1.29, 1.82) is 0 Å². The zero-order chi connectivity index (χ0) is 17.7. The molecular formula is C16H13BrN2O5. The molecule has 0 bridgehead atoms. The number of ketones is 1. The minimum absolute atomic E-state index is 0.00399. The van der Waals surface area contributed by atoms with Gasteiger partial charge in [0.15, 0.2) is 12.4 Å². The average Bonchev–Trinajstić information content (AvgIpc) is 2.59. The molecule has 24 heavy (non-hydrogen) atoms. The third-order valence-electron chi connectivity index (χ3n) is 3.20. The Morgan fingerprint density at radius 1 is 1.17 bits per heavy atom. The molecule has 2 aromatic rings. The summed E-state index contributed by atoms with van der Waals surface area (Å²) in [6.07, 6.45) is 0. The summed E-state index contributed by atoms with van der Waals surface area (Å²) in [7, 11) is 1.54. The lowest BCUT2D eigenvalue weighted by molar-refractivity contribution is -0.384. The number of hydrogen-bond donors (Lipinski definition) is 1. The Hall–Kier alpha value is -2.74. The highest BCUT2D eigenvalue weighted by molar-refractivity contribution is 9.10. The van der Waals surface area contributed by atoms with Crippen LogP contribution < -0.4 is 5.32 Å². The third-order valence-corrected chi connectivity index (χ3v) is 3.73. The van der Waals surface area contributed by atoms with Crippen LogP contribution >= 0.6 is 15.9 Å². The number of benzene rings is 2. The Morgan fingerprint density at radius 3 is 2.38 bits per heavy atom. The van der Waals surface area contributed by atoms with Gasteiger partial charge in [0.05, 0.1) is 10.5 Å². The minimum atomic E-state index is -0.800. The Balaban J connectivity index is 2.07. The molecule has 0 saturated carbocycles. The number of nitro benzene ring substituents is 1. The van der Waals surface area contributed by atoms with Crippen LogP contribution in [0.1, 0.15) is 20.7 Å². The summed E-state index contributed by atoms with van der Waals surface area (Å²) < 4.78 is 5.77. The molecule has 2 rings (SSSR count). The third kappa shape index (κ3) is 4.17. The van der Waals surface area contributed by atoms with E-state index < -0.39 is 17.5 Å². The standard InChI is InChI=1S/C16H13BrN2O5/c1-18-13-7-4-11(8-14(13)19(22)23)16(21)24-9-15(20)10-2-5-12(17)6-3-10/h2-8,18H,9H2,1H3. The predicted octanol–water partition coefficient (Wildman–Crippen LogP) is 3.44. The Bertz CT molecular complexity index is 790. The van der Waals surface area contributed by atoms with Gasteiger partial charge in [0.25, 0.3) is 5.69 Å². The van der Waals surface area contributed by atoms with Crippen molar-refractivity contribution in [2.24, 2.45) is 0 Å². The fraction of sp³-hybridized carbons (Fsp3) is 0.125. The van der Waals surface area contributed by atoms with E-state index in [1.807, 2.05) is 0 Å². The number of nitrogens with zero attached hydrogens (tertiary/aromatic N) is 1. The fourth-order valence-electron chi connectivity index (χ4n) is 1.95. The Kier molecular flexibility index (Phi) is 5.64. The van der Waals surface area contributed by atoms with Gasteiger partial charge in [-0.25, -0.2) is 4.79 Å². The van der Waals surface area contributed by atoms with E-state index in [0.717, 1.165) is 10.5 Å². The minimum Gasteiger partial charge on any atom is -0.454 e. The molecule has 0 amide bonds. The van der Waals surface area contributed by atoms with E-state index in [1.54, 1.807) is 24.3 Å². The zero-order valence-corrected chi connectivity index (χ0v) is 14.2. The van der Waals surface area contributed by atoms with Crippen LogP contribution in [0.2, 0.25) is 0 Å². The summed E-state index contributed by atoms with van der Waals surface area (Å²) in [5.41, 5.74) is 0.445. The number of anilines is 1. The van der Waals surface area contributed by atoms with Gasteiger partial charge in [-0.2, -0.15) is 0 Å². The van der Waals surface area contributed by atoms with Gasteiger partial charge in [-0.1, -0.05) is 28.1 Å². The highest BCUT2D eigenvalue weighted by Gasteiger charge is 2.18. The zero-order valence-electron chi connectivity index (χ0n) is 12.6. The van der Waals surface area contributed by atoms with E-state index in [1.165, 1.54) is 19.2 Å². The van der Waals surface area contributed by atoms with Crippen molar-refractivity contribution in [2.45, 2.75) is 0 Å². The van der Waals surface area contributed by atoms with Crippen LogP contribution in [0.25, 0.3) is 0 Å². The average molecular weight is 393 g/mol. The number of hydrogen-bond acceptors (Lipinski definition) is 6. The molecule has 2 aromatic carbocycles. The summed E-state index contributed by atoms with van der Waals surface area (Å²) in [4.78, 5) is 34.3. The van der Waals surface area contributed by atoms with Gasteiger partial charge < -0.3 is 10.1 Å². The Labute approximate surface area is 145 Å². The summed E-state index contributed by atoms with van der Waals surface area (Å²) in [5, 5.41) is 13.7. The van der Waals surface area contributed by atoms with Gasteiger partial charge in [-0.05, 0) is 24.3 Å². The molecule has 124 valence electrons. The van der Waals surface area contributed by atoms with Crippen molar-refractivity contribution in [3.8, 4) is 0 Å². The SMILES string of the molecule is CNc1ccc(C(=O)OCC(=O)c2ccc(Br)cc2)cc1[N+](=O)[O-]. The number of esters is 1. The molecule has 0 saturated heterocycles. The van der Waals surface area contributed by atoms with E-state index in [2.05, 4.69) is 21.2 Å². The molecule has 0 unspecified atom stereocenters. The van der Waals surface area contributed by atoms with Gasteiger partial charge in [-0.3, -0.25) is 14.9 Å². The lowest BCUT2D eigenvalue weighted by atomic mass is 10.1. The number of nitrogens with one attached hydrogen (secondary N) is 1. The van der Waals surface area contributed by atoms with Crippen molar-refractivity contribution in [3.63, 3.8) is 0 Å². The fourth-order valence-corrected chi connectivity index (χ4v) is 2.22. The summed E-state index contributed by atoms with van der Waals surface area (Å²) >= 11 is 3.26. The van der Waals surface area contributed by atoms with Crippen LogP contribution in [0, 0.1) is 10.1 Å². The molecule has 0 atom stereocenters. The van der Waals surface area contributed by atoms with Gasteiger partial charge in [0, 0.05) is 23.2 Å². The quantitative estimate of drug-likeness (QED) is 0.349. The van der Waals surface area contributed by atoms with Crippen molar-refractivity contribution in [3.05, 3.63) is 68.2 Å². The lowest BCUT2D eigenvalue weighted by Crippen LogP contribution is -2.14. The molecule has 0 aliphatic rings. The second-order valence-electron chi connectivity index (χ2n) is 4.75. The largest absolute Gasteiger partial charge is 0.454 e. The number of Topliss-reactive ketones (excluding diaryl/α,β-unsaturated/α-hetero) is 1. The van der Waals surface area contributed by atoms with E-state index >= 15 is 0 Å².